The molecule has 2 saturated carbocycles. The van der Waals surface area contributed by atoms with Crippen LogP contribution in [0.3, 0.4) is 0 Å². The Kier molecular flexibility index (Phi) is 4.09. The van der Waals surface area contributed by atoms with Crippen molar-refractivity contribution in [2.75, 3.05) is 13.2 Å². The molecule has 23 heavy (non-hydrogen) atoms. The van der Waals surface area contributed by atoms with Gasteiger partial charge in [0.25, 0.3) is 0 Å². The van der Waals surface area contributed by atoms with Crippen molar-refractivity contribution >= 4 is 5.91 Å². The first-order chi connectivity index (χ1) is 11.3. The van der Waals surface area contributed by atoms with E-state index in [0.29, 0.717) is 37.8 Å². The van der Waals surface area contributed by atoms with Crippen molar-refractivity contribution in [1.82, 2.24) is 15.5 Å². The Labute approximate surface area is 136 Å². The van der Waals surface area contributed by atoms with E-state index in [0.717, 1.165) is 12.3 Å². The summed E-state index contributed by atoms with van der Waals surface area (Å²) in [6.45, 7) is 1.23. The van der Waals surface area contributed by atoms with Crippen LogP contribution in [0.5, 0.6) is 0 Å². The van der Waals surface area contributed by atoms with Crippen molar-refractivity contribution in [3.05, 3.63) is 12.2 Å². The molecule has 2 atom stereocenters. The molecule has 1 aliphatic heterocycles. The molecule has 1 aromatic rings. The Morgan fingerprint density at radius 2 is 2.00 bits per heavy atom. The average molecular weight is 319 g/mol. The fourth-order valence-corrected chi connectivity index (χ4v) is 4.43. The minimum absolute atomic E-state index is 0.173. The SMILES string of the molecule is O=C(NC1(c2ncon2)CCOCC1)[C@H]1C[C@H]1C1CCCCC1. The highest BCUT2D eigenvalue weighted by molar-refractivity contribution is 5.82. The van der Waals surface area contributed by atoms with Gasteiger partial charge in [0.15, 0.2) is 5.82 Å². The molecule has 3 fully saturated rings. The lowest BCUT2D eigenvalue weighted by molar-refractivity contribution is -0.126. The second kappa shape index (κ2) is 6.23. The van der Waals surface area contributed by atoms with Gasteiger partial charge in [0.1, 0.15) is 5.54 Å². The van der Waals surface area contributed by atoms with E-state index in [4.69, 9.17) is 9.26 Å². The van der Waals surface area contributed by atoms with Gasteiger partial charge in [0.05, 0.1) is 0 Å². The maximum Gasteiger partial charge on any atom is 0.224 e. The molecule has 3 aliphatic rings. The molecule has 4 rings (SSSR count). The van der Waals surface area contributed by atoms with Crippen molar-refractivity contribution in [2.24, 2.45) is 17.8 Å². The summed E-state index contributed by atoms with van der Waals surface area (Å²) >= 11 is 0. The lowest BCUT2D eigenvalue weighted by atomic mass is 9.84. The molecule has 0 radical (unpaired) electrons. The molecule has 0 unspecified atom stereocenters. The van der Waals surface area contributed by atoms with Crippen LogP contribution >= 0.6 is 0 Å². The summed E-state index contributed by atoms with van der Waals surface area (Å²) in [5, 5.41) is 7.26. The predicted octanol–water partition coefficient (Wildman–Crippen LogP) is 2.41. The van der Waals surface area contributed by atoms with E-state index in [-0.39, 0.29) is 11.8 Å². The molecular weight excluding hydrogens is 294 g/mol. The summed E-state index contributed by atoms with van der Waals surface area (Å²) in [6, 6.07) is 0. The van der Waals surface area contributed by atoms with Crippen LogP contribution in [0.1, 0.15) is 57.2 Å². The lowest BCUT2D eigenvalue weighted by Crippen LogP contribution is -2.51. The molecule has 0 spiro atoms. The van der Waals surface area contributed by atoms with Gasteiger partial charge in [-0.2, -0.15) is 4.98 Å². The number of rotatable bonds is 4. The summed E-state index contributed by atoms with van der Waals surface area (Å²) in [4.78, 5) is 17.0. The number of hydrogen-bond donors (Lipinski definition) is 1. The largest absolute Gasteiger partial charge is 0.381 e. The lowest BCUT2D eigenvalue weighted by Gasteiger charge is -2.35. The Balaban J connectivity index is 1.42. The van der Waals surface area contributed by atoms with Crippen LogP contribution in [0.4, 0.5) is 0 Å². The van der Waals surface area contributed by atoms with Crippen LogP contribution < -0.4 is 5.32 Å². The Hall–Kier alpha value is -1.43. The summed E-state index contributed by atoms with van der Waals surface area (Å²) in [5.41, 5.74) is -0.512. The van der Waals surface area contributed by atoms with Crippen LogP contribution in [-0.4, -0.2) is 29.3 Å². The molecule has 6 nitrogen and oxygen atoms in total. The number of carbonyl (C=O) groups excluding carboxylic acids is 1. The number of hydrogen-bond acceptors (Lipinski definition) is 5. The molecule has 1 amide bonds. The van der Waals surface area contributed by atoms with Gasteiger partial charge in [-0.1, -0.05) is 37.3 Å². The number of aromatic nitrogens is 2. The molecule has 1 aromatic heterocycles. The molecule has 126 valence electrons. The highest BCUT2D eigenvalue weighted by Gasteiger charge is 2.50. The molecule has 0 bridgehead atoms. The number of amides is 1. The van der Waals surface area contributed by atoms with E-state index in [2.05, 4.69) is 15.5 Å². The van der Waals surface area contributed by atoms with Crippen LogP contribution in [0.15, 0.2) is 10.9 Å². The van der Waals surface area contributed by atoms with Crippen molar-refractivity contribution in [2.45, 2.75) is 56.9 Å². The highest BCUT2D eigenvalue weighted by Crippen LogP contribution is 2.50. The highest BCUT2D eigenvalue weighted by atomic mass is 16.5. The monoisotopic (exact) mass is 319 g/mol. The van der Waals surface area contributed by atoms with Crippen LogP contribution in [0.25, 0.3) is 0 Å². The summed E-state index contributed by atoms with van der Waals surface area (Å²) in [7, 11) is 0. The molecular formula is C17H25N3O3. The van der Waals surface area contributed by atoms with Crippen molar-refractivity contribution in [3.8, 4) is 0 Å². The first-order valence-electron chi connectivity index (χ1n) is 8.95. The summed E-state index contributed by atoms with van der Waals surface area (Å²) in [6.07, 6.45) is 10.4. The standard InChI is InChI=1S/C17H25N3O3/c21-15(14-10-13(14)12-4-2-1-3-5-12)19-17(6-8-22-9-7-17)16-18-11-23-20-16/h11-14H,1-10H2,(H,19,21)/t13-,14-/m0/s1. The minimum Gasteiger partial charge on any atom is -0.381 e. The number of carbonyl (C=O) groups is 1. The second-order valence-electron chi connectivity index (χ2n) is 7.34. The van der Waals surface area contributed by atoms with Crippen LogP contribution in [0.2, 0.25) is 0 Å². The van der Waals surface area contributed by atoms with Gasteiger partial charge in [-0.15, -0.1) is 0 Å². The molecule has 0 aromatic carbocycles. The van der Waals surface area contributed by atoms with Crippen LogP contribution in [0, 0.1) is 17.8 Å². The minimum atomic E-state index is -0.512. The van der Waals surface area contributed by atoms with Gasteiger partial charge in [-0.25, -0.2) is 0 Å². The maximum absolute atomic E-state index is 12.8. The van der Waals surface area contributed by atoms with Crippen molar-refractivity contribution in [1.29, 1.82) is 0 Å². The van der Waals surface area contributed by atoms with Crippen LogP contribution in [-0.2, 0) is 15.1 Å². The zero-order chi connectivity index (χ0) is 15.7. The zero-order valence-corrected chi connectivity index (χ0v) is 13.5. The Morgan fingerprint density at radius 3 is 2.70 bits per heavy atom. The quantitative estimate of drug-likeness (QED) is 0.922. The first-order valence-corrected chi connectivity index (χ1v) is 8.95. The number of nitrogens with one attached hydrogen (secondary N) is 1. The molecule has 6 heteroatoms. The van der Waals surface area contributed by atoms with Gasteiger partial charge in [0, 0.05) is 32.0 Å². The molecule has 1 N–H and O–H groups in total. The van der Waals surface area contributed by atoms with Crippen molar-refractivity contribution in [3.63, 3.8) is 0 Å². The smallest absolute Gasteiger partial charge is 0.224 e. The fraction of sp³-hybridized carbons (Fsp3) is 0.824. The third kappa shape index (κ3) is 3.01. The van der Waals surface area contributed by atoms with Gasteiger partial charge in [-0.3, -0.25) is 4.79 Å². The third-order valence-electron chi connectivity index (χ3n) is 5.93. The normalized spacial score (nSPS) is 30.8. The van der Waals surface area contributed by atoms with E-state index in [1.165, 1.54) is 38.5 Å². The van der Waals surface area contributed by atoms with Crippen molar-refractivity contribution < 1.29 is 14.1 Å². The average Bonchev–Trinajstić information content (AvgIpc) is 3.21. The van der Waals surface area contributed by atoms with Gasteiger partial charge in [0.2, 0.25) is 12.3 Å². The van der Waals surface area contributed by atoms with Gasteiger partial charge in [-0.05, 0) is 18.3 Å². The number of ether oxygens (including phenoxy) is 1. The summed E-state index contributed by atoms with van der Waals surface area (Å²) < 4.78 is 10.4. The summed E-state index contributed by atoms with van der Waals surface area (Å²) in [5.74, 6) is 2.30. The Bertz CT molecular complexity index is 533. The number of nitrogens with zero attached hydrogens (tertiary/aromatic N) is 2. The molecule has 1 saturated heterocycles. The van der Waals surface area contributed by atoms with E-state index in [1.54, 1.807) is 0 Å². The first kappa shape index (κ1) is 15.1. The van der Waals surface area contributed by atoms with E-state index < -0.39 is 5.54 Å². The molecule has 2 heterocycles. The fourth-order valence-electron chi connectivity index (χ4n) is 4.43. The molecule has 2 aliphatic carbocycles. The second-order valence-corrected chi connectivity index (χ2v) is 7.34. The maximum atomic E-state index is 12.8. The zero-order valence-electron chi connectivity index (χ0n) is 13.5. The Morgan fingerprint density at radius 1 is 1.22 bits per heavy atom. The van der Waals surface area contributed by atoms with E-state index >= 15 is 0 Å². The topological polar surface area (TPSA) is 77.3 Å². The van der Waals surface area contributed by atoms with E-state index in [9.17, 15) is 4.79 Å². The van der Waals surface area contributed by atoms with E-state index in [1.807, 2.05) is 0 Å². The van der Waals surface area contributed by atoms with Gasteiger partial charge >= 0.3 is 0 Å². The third-order valence-corrected chi connectivity index (χ3v) is 5.93. The van der Waals surface area contributed by atoms with Gasteiger partial charge < -0.3 is 14.6 Å². The predicted molar refractivity (Wildman–Crippen MR) is 82.3 cm³/mol.